The van der Waals surface area contributed by atoms with Gasteiger partial charge >= 0.3 is 0 Å². The molecule has 1 aromatic rings. The number of rotatable bonds is 9. The number of nitrogens with zero attached hydrogens (tertiary/aromatic N) is 1. The zero-order valence-electron chi connectivity index (χ0n) is 14.8. The Labute approximate surface area is 131 Å². The van der Waals surface area contributed by atoms with Crippen LogP contribution >= 0.6 is 0 Å². The quantitative estimate of drug-likeness (QED) is 0.731. The molecular formula is C19H34N2. The molecule has 0 aliphatic heterocycles. The molecule has 0 saturated heterocycles. The molecule has 0 aliphatic rings. The van der Waals surface area contributed by atoms with Crippen molar-refractivity contribution < 1.29 is 0 Å². The van der Waals surface area contributed by atoms with Crippen LogP contribution in [0.2, 0.25) is 0 Å². The van der Waals surface area contributed by atoms with Crippen molar-refractivity contribution in [1.82, 2.24) is 10.2 Å². The van der Waals surface area contributed by atoms with Gasteiger partial charge in [-0.25, -0.2) is 0 Å². The molecule has 120 valence electrons. The van der Waals surface area contributed by atoms with E-state index in [1.54, 1.807) is 0 Å². The second-order valence-corrected chi connectivity index (χ2v) is 6.65. The molecule has 0 aliphatic carbocycles. The fraction of sp³-hybridized carbons (Fsp3) is 0.684. The van der Waals surface area contributed by atoms with Gasteiger partial charge in [0.2, 0.25) is 0 Å². The van der Waals surface area contributed by atoms with Gasteiger partial charge < -0.3 is 10.2 Å². The lowest BCUT2D eigenvalue weighted by atomic mass is 9.99. The number of benzene rings is 1. The van der Waals surface area contributed by atoms with E-state index in [0.29, 0.717) is 12.1 Å². The standard InChI is InChI=1S/C19H34N2/c1-7-16(5)21(6)14-19(20-8-2)18-11-9-17(10-12-18)13-15(3)4/h9-12,15-16,19-20H,7-8,13-14H2,1-6H3. The molecule has 0 heterocycles. The fourth-order valence-electron chi connectivity index (χ4n) is 2.67. The smallest absolute Gasteiger partial charge is 0.0449 e. The molecule has 1 aromatic carbocycles. The summed E-state index contributed by atoms with van der Waals surface area (Å²) >= 11 is 0. The van der Waals surface area contributed by atoms with Gasteiger partial charge in [0, 0.05) is 18.6 Å². The molecule has 2 heteroatoms. The first kappa shape index (κ1) is 18.2. The third kappa shape index (κ3) is 6.19. The number of hydrogen-bond acceptors (Lipinski definition) is 2. The van der Waals surface area contributed by atoms with Crippen molar-refractivity contribution >= 4 is 0 Å². The van der Waals surface area contributed by atoms with E-state index in [2.05, 4.69) is 76.1 Å². The molecule has 0 amide bonds. The Kier molecular flexibility index (Phi) is 7.98. The Balaban J connectivity index is 2.75. The normalized spacial score (nSPS) is 14.7. The maximum absolute atomic E-state index is 3.63. The van der Waals surface area contributed by atoms with E-state index in [0.717, 1.165) is 19.0 Å². The zero-order chi connectivity index (χ0) is 15.8. The predicted octanol–water partition coefficient (Wildman–Crippen LogP) is 4.27. The molecule has 0 bridgehead atoms. The van der Waals surface area contributed by atoms with Crippen LogP contribution in [-0.4, -0.2) is 31.1 Å². The maximum atomic E-state index is 3.63. The average Bonchev–Trinajstić information content (AvgIpc) is 2.46. The van der Waals surface area contributed by atoms with E-state index < -0.39 is 0 Å². The molecule has 0 radical (unpaired) electrons. The van der Waals surface area contributed by atoms with Crippen LogP contribution in [0.3, 0.4) is 0 Å². The van der Waals surface area contributed by atoms with Gasteiger partial charge in [-0.2, -0.15) is 0 Å². The van der Waals surface area contributed by atoms with E-state index in [9.17, 15) is 0 Å². The summed E-state index contributed by atoms with van der Waals surface area (Å²) in [6, 6.07) is 10.2. The van der Waals surface area contributed by atoms with Crippen molar-refractivity contribution in [2.45, 2.75) is 59.5 Å². The van der Waals surface area contributed by atoms with Gasteiger partial charge in [0.1, 0.15) is 0 Å². The Morgan fingerprint density at radius 3 is 2.14 bits per heavy atom. The van der Waals surface area contributed by atoms with Crippen LogP contribution in [-0.2, 0) is 6.42 Å². The Bertz CT molecular complexity index is 383. The van der Waals surface area contributed by atoms with E-state index in [1.165, 1.54) is 24.0 Å². The second kappa shape index (κ2) is 9.22. The van der Waals surface area contributed by atoms with Gasteiger partial charge in [-0.15, -0.1) is 0 Å². The van der Waals surface area contributed by atoms with Crippen molar-refractivity contribution in [1.29, 1.82) is 0 Å². The molecule has 0 spiro atoms. The highest BCUT2D eigenvalue weighted by atomic mass is 15.1. The summed E-state index contributed by atoms with van der Waals surface area (Å²) in [4.78, 5) is 2.45. The van der Waals surface area contributed by atoms with Gasteiger partial charge in [-0.05, 0) is 50.4 Å². The highest BCUT2D eigenvalue weighted by Gasteiger charge is 2.15. The third-order valence-electron chi connectivity index (χ3n) is 4.29. The molecule has 0 fully saturated rings. The van der Waals surface area contributed by atoms with E-state index >= 15 is 0 Å². The first-order chi connectivity index (χ1) is 9.97. The minimum Gasteiger partial charge on any atom is -0.309 e. The van der Waals surface area contributed by atoms with Crippen LogP contribution in [0.25, 0.3) is 0 Å². The van der Waals surface area contributed by atoms with Crippen molar-refractivity contribution in [2.24, 2.45) is 5.92 Å². The van der Waals surface area contributed by atoms with Gasteiger partial charge in [0.15, 0.2) is 0 Å². The highest BCUT2D eigenvalue weighted by molar-refractivity contribution is 5.25. The van der Waals surface area contributed by atoms with Crippen molar-refractivity contribution in [3.05, 3.63) is 35.4 Å². The van der Waals surface area contributed by atoms with Gasteiger partial charge in [0.25, 0.3) is 0 Å². The van der Waals surface area contributed by atoms with E-state index in [-0.39, 0.29) is 0 Å². The van der Waals surface area contributed by atoms with E-state index in [4.69, 9.17) is 0 Å². The van der Waals surface area contributed by atoms with Crippen molar-refractivity contribution in [3.63, 3.8) is 0 Å². The van der Waals surface area contributed by atoms with Crippen LogP contribution in [0.4, 0.5) is 0 Å². The molecule has 2 nitrogen and oxygen atoms in total. The number of nitrogens with one attached hydrogen (secondary N) is 1. The second-order valence-electron chi connectivity index (χ2n) is 6.65. The molecule has 2 atom stereocenters. The Morgan fingerprint density at radius 2 is 1.67 bits per heavy atom. The summed E-state index contributed by atoms with van der Waals surface area (Å²) in [5, 5.41) is 3.63. The van der Waals surface area contributed by atoms with Crippen LogP contribution in [0.1, 0.15) is 58.2 Å². The fourth-order valence-corrected chi connectivity index (χ4v) is 2.67. The third-order valence-corrected chi connectivity index (χ3v) is 4.29. The number of likely N-dealkylation sites (N-methyl/N-ethyl adjacent to an activating group) is 2. The first-order valence-electron chi connectivity index (χ1n) is 8.50. The lowest BCUT2D eigenvalue weighted by molar-refractivity contribution is 0.225. The van der Waals surface area contributed by atoms with Gasteiger partial charge in [-0.3, -0.25) is 0 Å². The predicted molar refractivity (Wildman–Crippen MR) is 93.8 cm³/mol. The van der Waals surface area contributed by atoms with Crippen molar-refractivity contribution in [2.75, 3.05) is 20.1 Å². The summed E-state index contributed by atoms with van der Waals surface area (Å²) in [5.74, 6) is 0.719. The first-order valence-corrected chi connectivity index (χ1v) is 8.50. The van der Waals surface area contributed by atoms with Crippen molar-refractivity contribution in [3.8, 4) is 0 Å². The SMILES string of the molecule is CCNC(CN(C)C(C)CC)c1ccc(CC(C)C)cc1. The molecule has 1 rings (SSSR count). The maximum Gasteiger partial charge on any atom is 0.0449 e. The lowest BCUT2D eigenvalue weighted by Crippen LogP contribution is -2.37. The summed E-state index contributed by atoms with van der Waals surface area (Å²) in [5.41, 5.74) is 2.85. The monoisotopic (exact) mass is 290 g/mol. The molecule has 21 heavy (non-hydrogen) atoms. The largest absolute Gasteiger partial charge is 0.309 e. The molecular weight excluding hydrogens is 256 g/mol. The average molecular weight is 290 g/mol. The summed E-state index contributed by atoms with van der Waals surface area (Å²) < 4.78 is 0. The van der Waals surface area contributed by atoms with Crippen LogP contribution in [0, 0.1) is 5.92 Å². The zero-order valence-corrected chi connectivity index (χ0v) is 14.8. The summed E-state index contributed by atoms with van der Waals surface area (Å²) in [6.07, 6.45) is 2.36. The Hall–Kier alpha value is -0.860. The lowest BCUT2D eigenvalue weighted by Gasteiger charge is -2.29. The van der Waals surface area contributed by atoms with Crippen LogP contribution in [0.5, 0.6) is 0 Å². The molecule has 0 aromatic heterocycles. The molecule has 1 N–H and O–H groups in total. The van der Waals surface area contributed by atoms with Gasteiger partial charge in [0.05, 0.1) is 0 Å². The highest BCUT2D eigenvalue weighted by Crippen LogP contribution is 2.18. The Morgan fingerprint density at radius 1 is 1.05 bits per heavy atom. The van der Waals surface area contributed by atoms with Crippen LogP contribution in [0.15, 0.2) is 24.3 Å². The van der Waals surface area contributed by atoms with Crippen LogP contribution < -0.4 is 5.32 Å². The summed E-state index contributed by atoms with van der Waals surface area (Å²) in [6.45, 7) is 13.4. The van der Waals surface area contributed by atoms with E-state index in [1.807, 2.05) is 0 Å². The number of hydrogen-bond donors (Lipinski definition) is 1. The molecule has 0 saturated carbocycles. The molecule has 2 unspecified atom stereocenters. The summed E-state index contributed by atoms with van der Waals surface area (Å²) in [7, 11) is 2.23. The minimum absolute atomic E-state index is 0.419. The topological polar surface area (TPSA) is 15.3 Å². The van der Waals surface area contributed by atoms with Gasteiger partial charge in [-0.1, -0.05) is 52.0 Å². The minimum atomic E-state index is 0.419.